The van der Waals surface area contributed by atoms with Crippen LogP contribution in [0, 0.1) is 0 Å². The molecule has 4 N–H and O–H groups in total. The average Bonchev–Trinajstić information content (AvgIpc) is 3.42. The second kappa shape index (κ2) is 55.3. The number of esters is 3. The number of phosphoric ester groups is 2. The minimum Gasteiger partial charge on any atom is -0.463 e. The largest absolute Gasteiger partial charge is 0.472 e. The molecule has 0 aliphatic rings. The molecule has 0 rings (SSSR count). The van der Waals surface area contributed by atoms with Crippen molar-refractivity contribution in [3.8, 4) is 0 Å². The number of aliphatic hydroxyl groups excluding tert-OH is 2. The van der Waals surface area contributed by atoms with Gasteiger partial charge in [0.25, 0.3) is 0 Å². The van der Waals surface area contributed by atoms with Crippen LogP contribution in [-0.2, 0) is 55.8 Å². The summed E-state index contributed by atoms with van der Waals surface area (Å²) in [6.07, 6.45) is 55.3. The second-order valence-corrected chi connectivity index (χ2v) is 22.7. The highest BCUT2D eigenvalue weighted by Gasteiger charge is 2.29. The first-order valence-electron chi connectivity index (χ1n) is 29.9. The molecule has 0 bridgehead atoms. The first kappa shape index (κ1) is 75.7. The minimum absolute atomic E-state index is 0.105. The van der Waals surface area contributed by atoms with Gasteiger partial charge in [0, 0.05) is 19.3 Å². The number of aliphatic hydroxyl groups is 2. The lowest BCUT2D eigenvalue weighted by Gasteiger charge is -2.21. The molecule has 0 amide bonds. The molecule has 0 saturated heterocycles. The Balaban J connectivity index is 4.60. The maximum atomic E-state index is 12.8. The molecule has 16 nitrogen and oxygen atoms in total. The Labute approximate surface area is 476 Å². The van der Waals surface area contributed by atoms with Gasteiger partial charge in [-0.1, -0.05) is 202 Å². The zero-order chi connectivity index (χ0) is 58.2. The van der Waals surface area contributed by atoms with Crippen LogP contribution in [0.5, 0.6) is 0 Å². The Kier molecular flexibility index (Phi) is 53.0. The fourth-order valence-corrected chi connectivity index (χ4v) is 9.08. The van der Waals surface area contributed by atoms with Crippen LogP contribution in [0.4, 0.5) is 0 Å². The highest BCUT2D eigenvalue weighted by atomic mass is 31.2. The molecule has 79 heavy (non-hydrogen) atoms. The molecule has 0 aromatic heterocycles. The quantitative estimate of drug-likeness (QED) is 0.0146. The van der Waals surface area contributed by atoms with Crippen molar-refractivity contribution in [3.63, 3.8) is 0 Å². The molecule has 456 valence electrons. The number of allylic oxidation sites excluding steroid dienone is 14. The maximum Gasteiger partial charge on any atom is 0.472 e. The summed E-state index contributed by atoms with van der Waals surface area (Å²) in [5.41, 5.74) is 0. The van der Waals surface area contributed by atoms with E-state index in [0.29, 0.717) is 19.3 Å². The Morgan fingerprint density at radius 3 is 1.14 bits per heavy atom. The van der Waals surface area contributed by atoms with Crippen LogP contribution in [0.3, 0.4) is 0 Å². The minimum atomic E-state index is -4.91. The van der Waals surface area contributed by atoms with E-state index in [2.05, 4.69) is 106 Å². The lowest BCUT2D eigenvalue weighted by molar-refractivity contribution is -0.161. The Hall–Kier alpha value is -3.27. The van der Waals surface area contributed by atoms with Gasteiger partial charge in [-0.3, -0.25) is 32.5 Å². The molecule has 0 saturated carbocycles. The van der Waals surface area contributed by atoms with Crippen molar-refractivity contribution in [2.75, 3.05) is 39.6 Å². The lowest BCUT2D eigenvalue weighted by atomic mass is 10.1. The van der Waals surface area contributed by atoms with Crippen molar-refractivity contribution in [3.05, 3.63) is 85.1 Å². The third-order valence-corrected chi connectivity index (χ3v) is 14.0. The number of phosphoric acid groups is 2. The first-order valence-corrected chi connectivity index (χ1v) is 32.9. The number of ether oxygens (including phenoxy) is 3. The molecule has 18 heteroatoms. The van der Waals surface area contributed by atoms with Crippen LogP contribution in [-0.4, -0.2) is 95.9 Å². The smallest absolute Gasteiger partial charge is 0.463 e. The molecule has 5 atom stereocenters. The summed E-state index contributed by atoms with van der Waals surface area (Å²) in [7, 11) is -9.76. The van der Waals surface area contributed by atoms with E-state index < -0.39 is 91.5 Å². The van der Waals surface area contributed by atoms with Crippen LogP contribution in [0.2, 0.25) is 0 Å². The van der Waals surface area contributed by atoms with Crippen LogP contribution in [0.15, 0.2) is 85.1 Å². The molecular formula is C61H106O16P2. The predicted octanol–water partition coefficient (Wildman–Crippen LogP) is 15.4. The van der Waals surface area contributed by atoms with Gasteiger partial charge in [-0.15, -0.1) is 0 Å². The first-order chi connectivity index (χ1) is 38.2. The lowest BCUT2D eigenvalue weighted by Crippen LogP contribution is -2.30. The van der Waals surface area contributed by atoms with E-state index in [1.54, 1.807) is 0 Å². The number of carbonyl (C=O) groups is 3. The Morgan fingerprint density at radius 2 is 0.684 bits per heavy atom. The summed E-state index contributed by atoms with van der Waals surface area (Å²) in [6, 6.07) is 0. The second-order valence-electron chi connectivity index (χ2n) is 19.8. The SMILES string of the molecule is CC/C=C\C/C=C\C/C=C\C/C=C\C/C=C\C/C=C\CCCCC(=O)OCC(O)COP(=O)(O)OCC(O)COP(=O)(O)OCC(COC(=O)CCCCCCC/C=C\CCCC)OC(=O)CCCCCCCCCCCCC. The molecular weight excluding hydrogens is 1050 g/mol. The molecule has 0 spiro atoms. The zero-order valence-corrected chi connectivity index (χ0v) is 50.6. The van der Waals surface area contributed by atoms with Crippen molar-refractivity contribution in [1.29, 1.82) is 0 Å². The van der Waals surface area contributed by atoms with Crippen molar-refractivity contribution < 1.29 is 75.8 Å². The highest BCUT2D eigenvalue weighted by Crippen LogP contribution is 2.45. The Bertz CT molecular complexity index is 1790. The van der Waals surface area contributed by atoms with Crippen LogP contribution in [0.1, 0.15) is 226 Å². The van der Waals surface area contributed by atoms with Crippen LogP contribution in [0.25, 0.3) is 0 Å². The fourth-order valence-electron chi connectivity index (χ4n) is 7.49. The molecule has 0 aromatic rings. The van der Waals surface area contributed by atoms with E-state index in [1.165, 1.54) is 51.4 Å². The summed E-state index contributed by atoms with van der Waals surface area (Å²) >= 11 is 0. The fraction of sp³-hybridized carbons (Fsp3) is 0.721. The van der Waals surface area contributed by atoms with Crippen LogP contribution < -0.4 is 0 Å². The normalized spacial score (nSPS) is 15.1. The van der Waals surface area contributed by atoms with Gasteiger partial charge in [0.2, 0.25) is 0 Å². The average molecular weight is 1160 g/mol. The van der Waals surface area contributed by atoms with E-state index in [4.69, 9.17) is 32.3 Å². The summed E-state index contributed by atoms with van der Waals surface area (Å²) in [5, 5.41) is 20.4. The van der Waals surface area contributed by atoms with Crippen molar-refractivity contribution in [1.82, 2.24) is 0 Å². The monoisotopic (exact) mass is 1160 g/mol. The number of unbranched alkanes of at least 4 members (excludes halogenated alkanes) is 19. The number of rotatable bonds is 56. The molecule has 0 aliphatic carbocycles. The number of carbonyl (C=O) groups excluding carboxylic acids is 3. The van der Waals surface area contributed by atoms with Gasteiger partial charge in [-0.25, -0.2) is 9.13 Å². The van der Waals surface area contributed by atoms with E-state index in [1.807, 2.05) is 0 Å². The third kappa shape index (κ3) is 56.4. The van der Waals surface area contributed by atoms with Crippen molar-refractivity contribution in [2.24, 2.45) is 0 Å². The van der Waals surface area contributed by atoms with Gasteiger partial charge < -0.3 is 34.2 Å². The highest BCUT2D eigenvalue weighted by molar-refractivity contribution is 7.47. The van der Waals surface area contributed by atoms with E-state index in [0.717, 1.165) is 116 Å². The molecule has 5 unspecified atom stereocenters. The summed E-state index contributed by atoms with van der Waals surface area (Å²) < 4.78 is 60.5. The third-order valence-electron chi connectivity index (χ3n) is 12.1. The van der Waals surface area contributed by atoms with Crippen molar-refractivity contribution >= 4 is 33.6 Å². The van der Waals surface area contributed by atoms with Gasteiger partial charge in [0.05, 0.1) is 26.4 Å². The maximum absolute atomic E-state index is 12.8. The van der Waals surface area contributed by atoms with E-state index in [-0.39, 0.29) is 19.3 Å². The van der Waals surface area contributed by atoms with Crippen LogP contribution >= 0.6 is 15.6 Å². The van der Waals surface area contributed by atoms with Gasteiger partial charge in [0.15, 0.2) is 6.10 Å². The van der Waals surface area contributed by atoms with E-state index in [9.17, 15) is 43.5 Å². The van der Waals surface area contributed by atoms with Gasteiger partial charge in [-0.05, 0) is 89.9 Å². The summed E-state index contributed by atoms with van der Waals surface area (Å²) in [6.45, 7) is 2.41. The molecule has 0 aromatic carbocycles. The predicted molar refractivity (Wildman–Crippen MR) is 316 cm³/mol. The number of hydrogen-bond donors (Lipinski definition) is 4. The molecule has 0 fully saturated rings. The van der Waals surface area contributed by atoms with E-state index >= 15 is 0 Å². The topological polar surface area (TPSA) is 231 Å². The van der Waals surface area contributed by atoms with Gasteiger partial charge in [0.1, 0.15) is 25.4 Å². The zero-order valence-electron chi connectivity index (χ0n) is 48.8. The standard InChI is InChI=1S/C61H106O16P2/c1-4-7-10-13-16-19-22-23-24-25-26-27-28-29-30-31-34-36-38-41-44-47-59(64)71-50-56(62)51-73-78(67,68)74-52-57(63)53-75-79(69,70)76-55-58(77-61(66)49-46-43-40-37-33-21-18-15-12-9-6-3)54-72-60(65)48-45-42-39-35-32-20-17-14-11-8-5-2/h7,10,14,16-17,19,23-24,26-27,29-30,34,36,56-58,62-63H,4-6,8-9,11-13,15,18,20-22,25,28,31-33,35,37-55H2,1-3H3,(H,67,68)(H,69,70)/b10-7-,17-14-,19-16-,24-23-,27-26-,30-29-,36-34-. The summed E-state index contributed by atoms with van der Waals surface area (Å²) in [5.74, 6) is -1.63. The molecule has 0 aliphatic heterocycles. The molecule has 0 heterocycles. The van der Waals surface area contributed by atoms with Gasteiger partial charge in [-0.2, -0.15) is 0 Å². The molecule has 0 radical (unpaired) electrons. The van der Waals surface area contributed by atoms with Crippen molar-refractivity contribution in [2.45, 2.75) is 245 Å². The Morgan fingerprint density at radius 1 is 0.367 bits per heavy atom. The number of hydrogen-bond acceptors (Lipinski definition) is 14. The van der Waals surface area contributed by atoms with Gasteiger partial charge >= 0.3 is 33.6 Å². The summed E-state index contributed by atoms with van der Waals surface area (Å²) in [4.78, 5) is 57.9.